The van der Waals surface area contributed by atoms with E-state index in [4.69, 9.17) is 11.6 Å². The van der Waals surface area contributed by atoms with Crippen molar-refractivity contribution in [1.82, 2.24) is 0 Å². The Kier molecular flexibility index (Phi) is 4.67. The lowest BCUT2D eigenvalue weighted by molar-refractivity contribution is -0.137. The molecular formula is C14H8BrClF3NO2. The van der Waals surface area contributed by atoms with Crippen LogP contribution in [0.25, 0.3) is 0 Å². The van der Waals surface area contributed by atoms with Gasteiger partial charge in [0.15, 0.2) is 0 Å². The van der Waals surface area contributed by atoms with Crippen LogP contribution >= 0.6 is 27.5 Å². The molecule has 1 amide bonds. The first-order valence-corrected chi connectivity index (χ1v) is 7.02. The van der Waals surface area contributed by atoms with Gasteiger partial charge in [0, 0.05) is 10.2 Å². The normalized spacial score (nSPS) is 11.3. The second-order valence-electron chi connectivity index (χ2n) is 4.31. The van der Waals surface area contributed by atoms with Gasteiger partial charge in [-0.05, 0) is 36.4 Å². The molecule has 0 aliphatic carbocycles. The standard InChI is InChI=1S/C14H8BrClF3NO2/c15-8-5-10(12(21)11(16)6-8)13(22)20-9-3-1-7(2-4-9)14(17,18)19/h1-6,21H,(H,20,22). The van der Waals surface area contributed by atoms with Gasteiger partial charge in [0.25, 0.3) is 5.91 Å². The van der Waals surface area contributed by atoms with Crippen molar-refractivity contribution in [2.75, 3.05) is 5.32 Å². The van der Waals surface area contributed by atoms with Gasteiger partial charge in [0.1, 0.15) is 5.75 Å². The minimum Gasteiger partial charge on any atom is -0.506 e. The second-order valence-corrected chi connectivity index (χ2v) is 5.64. The zero-order chi connectivity index (χ0) is 16.5. The lowest BCUT2D eigenvalue weighted by atomic mass is 10.1. The lowest BCUT2D eigenvalue weighted by Gasteiger charge is -2.10. The average Bonchev–Trinajstić information content (AvgIpc) is 2.42. The van der Waals surface area contributed by atoms with Crippen molar-refractivity contribution < 1.29 is 23.1 Å². The highest BCUT2D eigenvalue weighted by Crippen LogP contribution is 2.32. The maximum atomic E-state index is 12.4. The van der Waals surface area contributed by atoms with Crippen molar-refractivity contribution in [2.24, 2.45) is 0 Å². The molecule has 0 fully saturated rings. The summed E-state index contributed by atoms with van der Waals surface area (Å²) >= 11 is 8.88. The molecule has 0 saturated heterocycles. The summed E-state index contributed by atoms with van der Waals surface area (Å²) in [7, 11) is 0. The number of hydrogen-bond acceptors (Lipinski definition) is 2. The Bertz CT molecular complexity index is 717. The van der Waals surface area contributed by atoms with Gasteiger partial charge in [0.05, 0.1) is 16.1 Å². The lowest BCUT2D eigenvalue weighted by Crippen LogP contribution is -2.13. The van der Waals surface area contributed by atoms with Crippen LogP contribution in [0.2, 0.25) is 5.02 Å². The number of rotatable bonds is 2. The van der Waals surface area contributed by atoms with E-state index in [9.17, 15) is 23.1 Å². The highest BCUT2D eigenvalue weighted by Gasteiger charge is 2.30. The largest absolute Gasteiger partial charge is 0.506 e. The van der Waals surface area contributed by atoms with Crippen LogP contribution in [0.15, 0.2) is 40.9 Å². The molecule has 0 unspecified atom stereocenters. The van der Waals surface area contributed by atoms with Gasteiger partial charge in [-0.2, -0.15) is 13.2 Å². The molecule has 0 aromatic heterocycles. The molecule has 0 aliphatic rings. The molecule has 0 saturated carbocycles. The van der Waals surface area contributed by atoms with Gasteiger partial charge in [-0.25, -0.2) is 0 Å². The minimum atomic E-state index is -4.45. The number of phenolic OH excluding ortho intramolecular Hbond substituents is 1. The third kappa shape index (κ3) is 3.72. The molecule has 0 aliphatic heterocycles. The molecule has 0 heterocycles. The molecule has 3 nitrogen and oxygen atoms in total. The highest BCUT2D eigenvalue weighted by atomic mass is 79.9. The fourth-order valence-corrected chi connectivity index (χ4v) is 2.49. The topological polar surface area (TPSA) is 49.3 Å². The summed E-state index contributed by atoms with van der Waals surface area (Å²) in [4.78, 5) is 12.0. The number of nitrogens with one attached hydrogen (secondary N) is 1. The smallest absolute Gasteiger partial charge is 0.416 e. The van der Waals surface area contributed by atoms with Crippen molar-refractivity contribution >= 4 is 39.1 Å². The van der Waals surface area contributed by atoms with E-state index in [0.717, 1.165) is 24.3 Å². The number of alkyl halides is 3. The van der Waals surface area contributed by atoms with Crippen molar-refractivity contribution in [3.05, 3.63) is 57.0 Å². The fourth-order valence-electron chi connectivity index (χ4n) is 1.68. The Morgan fingerprint density at radius 1 is 1.18 bits per heavy atom. The number of halogens is 5. The van der Waals surface area contributed by atoms with E-state index in [-0.39, 0.29) is 16.3 Å². The summed E-state index contributed by atoms with van der Waals surface area (Å²) < 4.78 is 37.8. The Balaban J connectivity index is 2.23. The molecule has 8 heteroatoms. The van der Waals surface area contributed by atoms with Gasteiger partial charge in [0.2, 0.25) is 0 Å². The maximum absolute atomic E-state index is 12.4. The van der Waals surface area contributed by atoms with Crippen LogP contribution in [0.1, 0.15) is 15.9 Å². The first-order chi connectivity index (χ1) is 10.2. The van der Waals surface area contributed by atoms with Crippen molar-refractivity contribution in [1.29, 1.82) is 0 Å². The van der Waals surface area contributed by atoms with E-state index in [1.807, 2.05) is 0 Å². The predicted octanol–water partition coefficient (Wildman–Crippen LogP) is 5.08. The molecule has 0 atom stereocenters. The van der Waals surface area contributed by atoms with Crippen LogP contribution in [0.3, 0.4) is 0 Å². The van der Waals surface area contributed by atoms with E-state index in [2.05, 4.69) is 21.2 Å². The zero-order valence-corrected chi connectivity index (χ0v) is 13.1. The molecule has 2 aromatic rings. The number of aromatic hydroxyl groups is 1. The Labute approximate surface area is 136 Å². The zero-order valence-electron chi connectivity index (χ0n) is 10.7. The molecule has 0 bridgehead atoms. The van der Waals surface area contributed by atoms with E-state index in [1.165, 1.54) is 12.1 Å². The van der Waals surface area contributed by atoms with Gasteiger partial charge < -0.3 is 10.4 Å². The first kappa shape index (κ1) is 16.6. The summed E-state index contributed by atoms with van der Waals surface area (Å²) in [6.45, 7) is 0. The summed E-state index contributed by atoms with van der Waals surface area (Å²) in [5.41, 5.74) is -0.758. The van der Waals surface area contributed by atoms with E-state index in [0.29, 0.717) is 4.47 Å². The molecule has 22 heavy (non-hydrogen) atoms. The van der Waals surface area contributed by atoms with E-state index in [1.54, 1.807) is 0 Å². The SMILES string of the molecule is O=C(Nc1ccc(C(F)(F)F)cc1)c1cc(Br)cc(Cl)c1O. The van der Waals surface area contributed by atoms with Crippen molar-refractivity contribution in [3.63, 3.8) is 0 Å². The van der Waals surface area contributed by atoms with Crippen LogP contribution < -0.4 is 5.32 Å². The number of hydrogen-bond donors (Lipinski definition) is 2. The number of amides is 1. The average molecular weight is 395 g/mol. The van der Waals surface area contributed by atoms with Crippen molar-refractivity contribution in [2.45, 2.75) is 6.18 Å². The Morgan fingerprint density at radius 3 is 2.32 bits per heavy atom. The molecule has 0 radical (unpaired) electrons. The molecule has 2 rings (SSSR count). The Morgan fingerprint density at radius 2 is 1.77 bits per heavy atom. The van der Waals surface area contributed by atoms with Crippen LogP contribution in [0, 0.1) is 0 Å². The first-order valence-electron chi connectivity index (χ1n) is 5.85. The van der Waals surface area contributed by atoms with Gasteiger partial charge in [-0.15, -0.1) is 0 Å². The van der Waals surface area contributed by atoms with E-state index >= 15 is 0 Å². The molecular weight excluding hydrogens is 387 g/mol. The Hall–Kier alpha value is -1.73. The van der Waals surface area contributed by atoms with Crippen molar-refractivity contribution in [3.8, 4) is 5.75 Å². The monoisotopic (exact) mass is 393 g/mol. The highest BCUT2D eigenvalue weighted by molar-refractivity contribution is 9.10. The van der Waals surface area contributed by atoms with Crippen LogP contribution in [-0.4, -0.2) is 11.0 Å². The summed E-state index contributed by atoms with van der Waals surface area (Å²) in [6.07, 6.45) is -4.45. The molecule has 0 spiro atoms. The number of carbonyl (C=O) groups excluding carboxylic acids is 1. The van der Waals surface area contributed by atoms with Crippen LogP contribution in [-0.2, 0) is 6.18 Å². The minimum absolute atomic E-state index is 0.0213. The molecule has 2 N–H and O–H groups in total. The number of anilines is 1. The summed E-state index contributed by atoms with van der Waals surface area (Å²) in [5.74, 6) is -1.10. The third-order valence-electron chi connectivity index (χ3n) is 2.74. The number of benzene rings is 2. The summed E-state index contributed by atoms with van der Waals surface area (Å²) in [5, 5.41) is 12.1. The summed E-state index contributed by atoms with van der Waals surface area (Å²) in [6, 6.07) is 6.70. The van der Waals surface area contributed by atoms with E-state index < -0.39 is 23.4 Å². The number of carbonyl (C=O) groups is 1. The fraction of sp³-hybridized carbons (Fsp3) is 0.0714. The molecule has 116 valence electrons. The number of phenols is 1. The second kappa shape index (κ2) is 6.18. The van der Waals surface area contributed by atoms with Crippen LogP contribution in [0.4, 0.5) is 18.9 Å². The van der Waals surface area contributed by atoms with Gasteiger partial charge >= 0.3 is 6.18 Å². The quantitative estimate of drug-likeness (QED) is 0.746. The predicted molar refractivity (Wildman–Crippen MR) is 80.2 cm³/mol. The molecule has 2 aromatic carbocycles. The maximum Gasteiger partial charge on any atom is 0.416 e. The van der Waals surface area contributed by atoms with Gasteiger partial charge in [-0.3, -0.25) is 4.79 Å². The van der Waals surface area contributed by atoms with Gasteiger partial charge in [-0.1, -0.05) is 27.5 Å². The van der Waals surface area contributed by atoms with Crippen LogP contribution in [0.5, 0.6) is 5.75 Å². The third-order valence-corrected chi connectivity index (χ3v) is 3.49.